The van der Waals surface area contributed by atoms with E-state index in [4.69, 9.17) is 0 Å². The summed E-state index contributed by atoms with van der Waals surface area (Å²) < 4.78 is 0. The minimum atomic E-state index is -1.27. The average molecular weight is 251 g/mol. The quantitative estimate of drug-likeness (QED) is 0.389. The molecule has 90 valence electrons. The summed E-state index contributed by atoms with van der Waals surface area (Å²) in [5.74, 6) is 6.53. The van der Waals surface area contributed by atoms with Gasteiger partial charge in [0.05, 0.1) is 16.1 Å². The molecule has 0 aliphatic carbocycles. The Balaban J connectivity index is 4.93. The van der Waals surface area contributed by atoms with Crippen molar-refractivity contribution >= 4 is 16.1 Å². The minimum Gasteiger partial charge on any atom is -0.0989 e. The monoisotopic (exact) mass is 250 g/mol. The van der Waals surface area contributed by atoms with E-state index in [-0.39, 0.29) is 0 Å². The molecule has 0 nitrogen and oxygen atoms in total. The van der Waals surface area contributed by atoms with Crippen molar-refractivity contribution in [2.24, 2.45) is 0 Å². The maximum Gasteiger partial charge on any atom is 0.0884 e. The fourth-order valence-corrected chi connectivity index (χ4v) is 2.83. The van der Waals surface area contributed by atoms with Gasteiger partial charge in [0.15, 0.2) is 0 Å². The second-order valence-corrected chi connectivity index (χ2v) is 16.3. The molecule has 0 N–H and O–H groups in total. The highest BCUT2D eigenvalue weighted by molar-refractivity contribution is 6.84. The molecule has 0 saturated carbocycles. The van der Waals surface area contributed by atoms with Crippen molar-refractivity contribution < 1.29 is 0 Å². The van der Waals surface area contributed by atoms with Crippen LogP contribution < -0.4 is 0 Å². The molecule has 16 heavy (non-hydrogen) atoms. The minimum absolute atomic E-state index is 0.944. The number of rotatable bonds is 3. The Morgan fingerprint density at radius 1 is 1.06 bits per heavy atom. The van der Waals surface area contributed by atoms with Crippen molar-refractivity contribution in [2.75, 3.05) is 0 Å². The van der Waals surface area contributed by atoms with Crippen LogP contribution >= 0.6 is 0 Å². The number of hydrogen-bond acceptors (Lipinski definition) is 0. The third-order valence-corrected chi connectivity index (χ3v) is 5.17. The third-order valence-electron chi connectivity index (χ3n) is 2.07. The first-order chi connectivity index (χ1) is 7.17. The fourth-order valence-electron chi connectivity index (χ4n) is 1.10. The summed E-state index contributed by atoms with van der Waals surface area (Å²) >= 11 is 0. The van der Waals surface area contributed by atoms with Crippen LogP contribution in [-0.4, -0.2) is 16.1 Å². The largest absolute Gasteiger partial charge is 0.0989 e. The third kappa shape index (κ3) is 7.72. The Morgan fingerprint density at radius 3 is 2.00 bits per heavy atom. The lowest BCUT2D eigenvalue weighted by Crippen LogP contribution is -2.23. The predicted molar refractivity (Wildman–Crippen MR) is 82.0 cm³/mol. The second kappa shape index (κ2) is 6.27. The van der Waals surface area contributed by atoms with E-state index in [1.54, 1.807) is 0 Å². The van der Waals surface area contributed by atoms with Crippen LogP contribution in [0.5, 0.6) is 0 Å². The highest BCUT2D eigenvalue weighted by Gasteiger charge is 2.17. The van der Waals surface area contributed by atoms with Gasteiger partial charge < -0.3 is 0 Å². The standard InChI is InChI=1S/C14H26Si2/c1-8-9-11-14(16(5,6)7)12-10-13-15(2,3)4/h10,12-13H,8H2,1-7H3/b13-10+,14-12-. The van der Waals surface area contributed by atoms with Crippen molar-refractivity contribution in [3.05, 3.63) is 23.0 Å². The zero-order chi connectivity index (χ0) is 12.8. The predicted octanol–water partition coefficient (Wildman–Crippen LogP) is 4.64. The molecule has 0 rings (SSSR count). The summed E-state index contributed by atoms with van der Waals surface area (Å²) in [6.07, 6.45) is 5.41. The molecule has 0 aliphatic heterocycles. The molecular weight excluding hydrogens is 224 g/mol. The topological polar surface area (TPSA) is 0 Å². The molecule has 0 spiro atoms. The van der Waals surface area contributed by atoms with Crippen LogP contribution in [0.4, 0.5) is 0 Å². The molecule has 0 amide bonds. The van der Waals surface area contributed by atoms with Crippen molar-refractivity contribution in [3.8, 4) is 11.8 Å². The SMILES string of the molecule is CCC#C/C(=C/C=C/[Si](C)(C)C)[Si](C)(C)C. The van der Waals surface area contributed by atoms with E-state index in [9.17, 15) is 0 Å². The van der Waals surface area contributed by atoms with Crippen molar-refractivity contribution in [3.63, 3.8) is 0 Å². The van der Waals surface area contributed by atoms with Gasteiger partial charge in [0.1, 0.15) is 0 Å². The summed E-state index contributed by atoms with van der Waals surface area (Å²) in [7, 11) is -2.34. The fraction of sp³-hybridized carbons (Fsp3) is 0.571. The summed E-state index contributed by atoms with van der Waals surface area (Å²) in [6, 6.07) is 0. The summed E-state index contributed by atoms with van der Waals surface area (Å²) in [4.78, 5) is 0. The lowest BCUT2D eigenvalue weighted by Gasteiger charge is -2.15. The van der Waals surface area contributed by atoms with Gasteiger partial charge in [-0.3, -0.25) is 0 Å². The Morgan fingerprint density at radius 2 is 1.62 bits per heavy atom. The van der Waals surface area contributed by atoms with Gasteiger partial charge in [0, 0.05) is 6.42 Å². The molecule has 0 radical (unpaired) electrons. The van der Waals surface area contributed by atoms with E-state index >= 15 is 0 Å². The molecule has 0 aromatic heterocycles. The van der Waals surface area contributed by atoms with Gasteiger partial charge in [-0.1, -0.05) is 75.9 Å². The normalized spacial score (nSPS) is 13.8. The zero-order valence-electron chi connectivity index (χ0n) is 11.9. The van der Waals surface area contributed by atoms with E-state index in [1.807, 2.05) is 0 Å². The highest BCUT2D eigenvalue weighted by atomic mass is 28.3. The molecule has 0 aromatic rings. The lowest BCUT2D eigenvalue weighted by molar-refractivity contribution is 1.28. The Bertz CT molecular complexity index is 324. The van der Waals surface area contributed by atoms with E-state index < -0.39 is 16.1 Å². The molecule has 0 unspecified atom stereocenters. The maximum atomic E-state index is 3.33. The molecule has 0 aliphatic rings. The summed E-state index contributed by atoms with van der Waals surface area (Å²) in [6.45, 7) is 16.2. The smallest absolute Gasteiger partial charge is 0.0884 e. The number of allylic oxidation sites excluding steroid dienone is 3. The molecular formula is C14H26Si2. The summed E-state index contributed by atoms with van der Waals surface area (Å²) in [5.41, 5.74) is 2.38. The highest BCUT2D eigenvalue weighted by Crippen LogP contribution is 2.14. The van der Waals surface area contributed by atoms with E-state index in [2.05, 4.69) is 75.9 Å². The van der Waals surface area contributed by atoms with Crippen molar-refractivity contribution in [1.29, 1.82) is 0 Å². The molecule has 0 bridgehead atoms. The van der Waals surface area contributed by atoms with E-state index in [0.717, 1.165) is 6.42 Å². The molecule has 0 aromatic carbocycles. The van der Waals surface area contributed by atoms with Crippen molar-refractivity contribution in [1.82, 2.24) is 0 Å². The van der Waals surface area contributed by atoms with Crippen LogP contribution in [-0.2, 0) is 0 Å². The van der Waals surface area contributed by atoms with Gasteiger partial charge in [-0.05, 0) is 5.20 Å². The first kappa shape index (κ1) is 15.5. The maximum absolute atomic E-state index is 3.33. The van der Waals surface area contributed by atoms with Crippen LogP contribution in [0.2, 0.25) is 39.3 Å². The molecule has 2 heteroatoms. The van der Waals surface area contributed by atoms with Crippen LogP contribution in [0.25, 0.3) is 0 Å². The molecule has 0 saturated heterocycles. The Labute approximate surface area is 104 Å². The first-order valence-corrected chi connectivity index (χ1v) is 13.1. The van der Waals surface area contributed by atoms with E-state index in [1.165, 1.54) is 5.20 Å². The van der Waals surface area contributed by atoms with Crippen LogP contribution in [0.3, 0.4) is 0 Å². The Kier molecular flexibility index (Phi) is 6.06. The van der Waals surface area contributed by atoms with Gasteiger partial charge in [-0.2, -0.15) is 0 Å². The van der Waals surface area contributed by atoms with Crippen LogP contribution in [0.1, 0.15) is 13.3 Å². The molecule has 0 heterocycles. The lowest BCUT2D eigenvalue weighted by atomic mass is 10.4. The van der Waals surface area contributed by atoms with Crippen LogP contribution in [0, 0.1) is 11.8 Å². The van der Waals surface area contributed by atoms with E-state index in [0.29, 0.717) is 0 Å². The molecule has 0 fully saturated rings. The second-order valence-electron chi connectivity index (χ2n) is 6.21. The van der Waals surface area contributed by atoms with Crippen LogP contribution in [0.15, 0.2) is 23.0 Å². The first-order valence-electron chi connectivity index (χ1n) is 6.05. The van der Waals surface area contributed by atoms with Crippen molar-refractivity contribution in [2.45, 2.75) is 52.6 Å². The van der Waals surface area contributed by atoms with Gasteiger partial charge in [-0.25, -0.2) is 0 Å². The van der Waals surface area contributed by atoms with Gasteiger partial charge in [0.25, 0.3) is 0 Å². The van der Waals surface area contributed by atoms with Gasteiger partial charge >= 0.3 is 0 Å². The summed E-state index contributed by atoms with van der Waals surface area (Å²) in [5, 5.41) is 1.36. The zero-order valence-corrected chi connectivity index (χ0v) is 13.9. The van der Waals surface area contributed by atoms with Gasteiger partial charge in [0.2, 0.25) is 0 Å². The molecule has 0 atom stereocenters. The Hall–Kier alpha value is -0.526. The average Bonchev–Trinajstić information content (AvgIpc) is 2.06. The number of hydrogen-bond donors (Lipinski definition) is 0. The van der Waals surface area contributed by atoms with Gasteiger partial charge in [-0.15, -0.1) is 0 Å².